The molecule has 1 saturated heterocycles. The fourth-order valence-corrected chi connectivity index (χ4v) is 4.44. The maximum absolute atomic E-state index is 13.3. The summed E-state index contributed by atoms with van der Waals surface area (Å²) < 4.78 is 2.00. The summed E-state index contributed by atoms with van der Waals surface area (Å²) in [6.07, 6.45) is 10.8. The topological polar surface area (TPSA) is 63.1 Å². The van der Waals surface area contributed by atoms with Crippen LogP contribution in [0, 0.1) is 12.8 Å². The maximum Gasteiger partial charge on any atom is 0.276 e. The van der Waals surface area contributed by atoms with Gasteiger partial charge in [-0.25, -0.2) is 4.68 Å². The average Bonchev–Trinajstić information content (AvgIpc) is 3.40. The minimum absolute atomic E-state index is 0. The highest BCUT2D eigenvalue weighted by Gasteiger charge is 2.34. The van der Waals surface area contributed by atoms with E-state index in [1.807, 2.05) is 11.6 Å². The van der Waals surface area contributed by atoms with Crippen LogP contribution in [0.15, 0.2) is 0 Å². The van der Waals surface area contributed by atoms with Gasteiger partial charge in [-0.3, -0.25) is 4.79 Å². The first-order valence-corrected chi connectivity index (χ1v) is 10.2. The van der Waals surface area contributed by atoms with Crippen molar-refractivity contribution < 1.29 is 4.79 Å². The van der Waals surface area contributed by atoms with Crippen molar-refractivity contribution in [2.24, 2.45) is 5.92 Å². The van der Waals surface area contributed by atoms with Crippen LogP contribution < -0.4 is 5.32 Å². The van der Waals surface area contributed by atoms with E-state index in [4.69, 9.17) is 0 Å². The van der Waals surface area contributed by atoms with Gasteiger partial charge in [-0.05, 0) is 64.5 Å². The van der Waals surface area contributed by atoms with Crippen LogP contribution in [0.3, 0.4) is 0 Å². The van der Waals surface area contributed by atoms with Gasteiger partial charge >= 0.3 is 0 Å². The number of nitrogens with one attached hydrogen (secondary N) is 1. The SMILES string of the molecule is Cc1c(C(=O)N(CC2CC2)C2CCCCC2)nnn1C1CCNCC1.Cl. The molecule has 0 aromatic carbocycles. The van der Waals surface area contributed by atoms with Gasteiger partial charge in [-0.1, -0.05) is 24.5 Å². The van der Waals surface area contributed by atoms with Crippen molar-refractivity contribution in [2.75, 3.05) is 19.6 Å². The van der Waals surface area contributed by atoms with Crippen LogP contribution in [0.1, 0.15) is 80.0 Å². The third-order valence-electron chi connectivity index (χ3n) is 6.21. The first-order valence-electron chi connectivity index (χ1n) is 10.2. The van der Waals surface area contributed by atoms with Crippen molar-refractivity contribution in [1.29, 1.82) is 0 Å². The number of hydrogen-bond acceptors (Lipinski definition) is 4. The molecule has 2 aliphatic carbocycles. The number of amides is 1. The Bertz CT molecular complexity index is 603. The van der Waals surface area contributed by atoms with Crippen LogP contribution >= 0.6 is 12.4 Å². The summed E-state index contributed by atoms with van der Waals surface area (Å²) in [6.45, 7) is 4.97. The molecule has 0 spiro atoms. The minimum Gasteiger partial charge on any atom is -0.334 e. The zero-order valence-electron chi connectivity index (χ0n) is 15.8. The molecule has 0 unspecified atom stereocenters. The second-order valence-corrected chi connectivity index (χ2v) is 8.14. The van der Waals surface area contributed by atoms with Gasteiger partial charge in [0.15, 0.2) is 5.69 Å². The molecule has 2 saturated carbocycles. The lowest BCUT2D eigenvalue weighted by Crippen LogP contribution is -2.43. The fraction of sp³-hybridized carbons (Fsp3) is 0.842. The second-order valence-electron chi connectivity index (χ2n) is 8.14. The highest BCUT2D eigenvalue weighted by Crippen LogP contribution is 2.33. The van der Waals surface area contributed by atoms with Crippen molar-refractivity contribution in [3.8, 4) is 0 Å². The van der Waals surface area contributed by atoms with E-state index in [0.29, 0.717) is 23.7 Å². The summed E-state index contributed by atoms with van der Waals surface area (Å²) in [7, 11) is 0. The normalized spacial score (nSPS) is 22.0. The zero-order valence-corrected chi connectivity index (χ0v) is 16.6. The molecular formula is C19H32ClN5O. The lowest BCUT2D eigenvalue weighted by Gasteiger charge is -2.34. The van der Waals surface area contributed by atoms with Crippen molar-refractivity contribution in [3.05, 3.63) is 11.4 Å². The summed E-state index contributed by atoms with van der Waals surface area (Å²) in [5.41, 5.74) is 1.54. The number of hydrogen-bond donors (Lipinski definition) is 1. The van der Waals surface area contributed by atoms with Gasteiger partial charge in [0.05, 0.1) is 11.7 Å². The van der Waals surface area contributed by atoms with Crippen molar-refractivity contribution in [2.45, 2.75) is 76.8 Å². The molecule has 0 bridgehead atoms. The highest BCUT2D eigenvalue weighted by atomic mass is 35.5. The van der Waals surface area contributed by atoms with Gasteiger partial charge in [0, 0.05) is 12.6 Å². The Morgan fingerprint density at radius 2 is 1.81 bits per heavy atom. The predicted octanol–water partition coefficient (Wildman–Crippen LogP) is 3.12. The van der Waals surface area contributed by atoms with Crippen LogP contribution in [0.5, 0.6) is 0 Å². The predicted molar refractivity (Wildman–Crippen MR) is 104 cm³/mol. The molecule has 6 nitrogen and oxygen atoms in total. The van der Waals surface area contributed by atoms with Crippen molar-refractivity contribution in [1.82, 2.24) is 25.2 Å². The van der Waals surface area contributed by atoms with E-state index in [9.17, 15) is 4.79 Å². The Labute approximate surface area is 162 Å². The Kier molecular flexibility index (Phi) is 6.56. The number of halogens is 1. The summed E-state index contributed by atoms with van der Waals surface area (Å²) in [5, 5.41) is 12.1. The molecule has 7 heteroatoms. The van der Waals surface area contributed by atoms with Crippen LogP contribution in [-0.2, 0) is 0 Å². The molecular weight excluding hydrogens is 350 g/mol. The van der Waals surface area contributed by atoms with Crippen LogP contribution in [0.4, 0.5) is 0 Å². The van der Waals surface area contributed by atoms with Crippen molar-refractivity contribution >= 4 is 18.3 Å². The van der Waals surface area contributed by atoms with Crippen LogP contribution in [-0.4, -0.2) is 51.5 Å². The van der Waals surface area contributed by atoms with Gasteiger partial charge < -0.3 is 10.2 Å². The molecule has 0 radical (unpaired) electrons. The molecule has 1 amide bonds. The summed E-state index contributed by atoms with van der Waals surface area (Å²) in [4.78, 5) is 15.5. The first kappa shape index (κ1) is 19.6. The Balaban J connectivity index is 0.00000196. The summed E-state index contributed by atoms with van der Waals surface area (Å²) >= 11 is 0. The van der Waals surface area contributed by atoms with E-state index in [1.54, 1.807) is 0 Å². The van der Waals surface area contributed by atoms with E-state index in [2.05, 4.69) is 20.5 Å². The number of aromatic nitrogens is 3. The molecule has 3 aliphatic rings. The highest BCUT2D eigenvalue weighted by molar-refractivity contribution is 5.93. The fourth-order valence-electron chi connectivity index (χ4n) is 4.44. The average molecular weight is 382 g/mol. The van der Waals surface area contributed by atoms with Gasteiger partial charge in [0.1, 0.15) is 0 Å². The van der Waals surface area contributed by atoms with E-state index in [0.717, 1.165) is 51.0 Å². The quantitative estimate of drug-likeness (QED) is 0.851. The Hall–Kier alpha value is -1.14. The van der Waals surface area contributed by atoms with Gasteiger partial charge in [0.2, 0.25) is 0 Å². The van der Waals surface area contributed by atoms with E-state index >= 15 is 0 Å². The number of nitrogens with zero attached hydrogens (tertiary/aromatic N) is 4. The van der Waals surface area contributed by atoms with E-state index < -0.39 is 0 Å². The molecule has 3 fully saturated rings. The third kappa shape index (κ3) is 4.22. The monoisotopic (exact) mass is 381 g/mol. The molecule has 1 aromatic heterocycles. The molecule has 1 N–H and O–H groups in total. The third-order valence-corrected chi connectivity index (χ3v) is 6.21. The van der Waals surface area contributed by atoms with Gasteiger partial charge in [-0.15, -0.1) is 17.5 Å². The summed E-state index contributed by atoms with van der Waals surface area (Å²) in [6, 6.07) is 0.784. The standard InChI is InChI=1S/C19H31N5O.ClH/c1-14-18(21-22-24(14)17-9-11-20-12-10-17)19(25)23(13-15-7-8-15)16-5-3-2-4-6-16;/h15-17,20H,2-13H2,1H3;1H. The second kappa shape index (κ2) is 8.70. The largest absolute Gasteiger partial charge is 0.334 e. The molecule has 1 aromatic rings. The first-order chi connectivity index (χ1) is 12.2. The van der Waals surface area contributed by atoms with Gasteiger partial charge in [0.25, 0.3) is 5.91 Å². The molecule has 2 heterocycles. The lowest BCUT2D eigenvalue weighted by molar-refractivity contribution is 0.0615. The number of rotatable bonds is 5. The van der Waals surface area contributed by atoms with Crippen LogP contribution in [0.25, 0.3) is 0 Å². The van der Waals surface area contributed by atoms with Gasteiger partial charge in [-0.2, -0.15) is 0 Å². The van der Waals surface area contributed by atoms with E-state index in [1.165, 1.54) is 32.1 Å². The number of carbonyl (C=O) groups excluding carboxylic acids is 1. The lowest BCUT2D eigenvalue weighted by atomic mass is 9.93. The van der Waals surface area contributed by atoms with Crippen LogP contribution in [0.2, 0.25) is 0 Å². The number of carbonyl (C=O) groups is 1. The number of piperidine rings is 1. The smallest absolute Gasteiger partial charge is 0.276 e. The summed E-state index contributed by atoms with van der Waals surface area (Å²) in [5.74, 6) is 0.835. The molecule has 0 atom stereocenters. The zero-order chi connectivity index (χ0) is 17.2. The molecule has 26 heavy (non-hydrogen) atoms. The Morgan fingerprint density at radius 1 is 1.12 bits per heavy atom. The molecule has 4 rings (SSSR count). The minimum atomic E-state index is 0. The molecule has 1 aliphatic heterocycles. The van der Waals surface area contributed by atoms with E-state index in [-0.39, 0.29) is 18.3 Å². The molecule has 146 valence electrons. The van der Waals surface area contributed by atoms with Crippen molar-refractivity contribution in [3.63, 3.8) is 0 Å². The maximum atomic E-state index is 13.3. The Morgan fingerprint density at radius 3 is 2.46 bits per heavy atom.